The van der Waals surface area contributed by atoms with Gasteiger partial charge in [-0.15, -0.1) is 0 Å². The predicted molar refractivity (Wildman–Crippen MR) is 37.1 cm³/mol. The second-order valence-electron chi connectivity index (χ2n) is 2.62. The smallest absolute Gasteiger partial charge is 0.303 e. The molecular formula is C7H12O4. The van der Waals surface area contributed by atoms with Crippen molar-refractivity contribution in [2.75, 3.05) is 13.7 Å². The first-order valence-corrected chi connectivity index (χ1v) is 3.60. The van der Waals surface area contributed by atoms with Crippen LogP contribution in [0, 0.1) is 5.92 Å². The molecule has 64 valence electrons. The second kappa shape index (κ2) is 3.69. The minimum Gasteiger partial charge on any atom is -0.481 e. The maximum atomic E-state index is 10.3. The largest absolute Gasteiger partial charge is 0.481 e. The minimum absolute atomic E-state index is 0.0255. The highest BCUT2D eigenvalue weighted by atomic mass is 16.7. The lowest BCUT2D eigenvalue weighted by molar-refractivity contribution is -0.144. The fourth-order valence-electron chi connectivity index (χ4n) is 1.29. The third kappa shape index (κ3) is 2.17. The minimum atomic E-state index is -0.789. The summed E-state index contributed by atoms with van der Waals surface area (Å²) in [5, 5.41) is 8.48. The molecule has 1 aliphatic heterocycles. The van der Waals surface area contributed by atoms with Gasteiger partial charge in [0.15, 0.2) is 6.29 Å². The third-order valence-corrected chi connectivity index (χ3v) is 1.82. The lowest BCUT2D eigenvalue weighted by atomic mass is 10.0. The van der Waals surface area contributed by atoms with Gasteiger partial charge in [-0.05, 0) is 6.42 Å². The number of carbonyl (C=O) groups is 1. The molecule has 2 atom stereocenters. The van der Waals surface area contributed by atoms with Crippen molar-refractivity contribution in [3.05, 3.63) is 0 Å². The van der Waals surface area contributed by atoms with E-state index in [9.17, 15) is 4.79 Å². The van der Waals surface area contributed by atoms with Gasteiger partial charge < -0.3 is 14.6 Å². The highest BCUT2D eigenvalue weighted by Crippen LogP contribution is 2.24. The summed E-state index contributed by atoms with van der Waals surface area (Å²) < 4.78 is 10.1. The molecule has 0 spiro atoms. The van der Waals surface area contributed by atoms with Crippen LogP contribution in [0.2, 0.25) is 0 Å². The van der Waals surface area contributed by atoms with Crippen molar-refractivity contribution in [2.24, 2.45) is 5.92 Å². The lowest BCUT2D eigenvalue weighted by Crippen LogP contribution is -2.20. The summed E-state index contributed by atoms with van der Waals surface area (Å²) in [6, 6.07) is 0. The molecule has 1 saturated heterocycles. The van der Waals surface area contributed by atoms with E-state index in [2.05, 4.69) is 0 Å². The average molecular weight is 160 g/mol. The van der Waals surface area contributed by atoms with E-state index in [4.69, 9.17) is 14.6 Å². The van der Waals surface area contributed by atoms with Crippen LogP contribution in [0.3, 0.4) is 0 Å². The average Bonchev–Trinajstić information content (AvgIpc) is 2.34. The second-order valence-corrected chi connectivity index (χ2v) is 2.62. The Morgan fingerprint density at radius 1 is 1.82 bits per heavy atom. The SMILES string of the molecule is COC1OCCC1CC(=O)O. The van der Waals surface area contributed by atoms with Crippen LogP contribution in [0.4, 0.5) is 0 Å². The number of hydrogen-bond acceptors (Lipinski definition) is 3. The monoisotopic (exact) mass is 160 g/mol. The molecule has 0 radical (unpaired) electrons. The van der Waals surface area contributed by atoms with Gasteiger partial charge in [0, 0.05) is 13.0 Å². The first-order valence-electron chi connectivity index (χ1n) is 3.60. The fraction of sp³-hybridized carbons (Fsp3) is 0.857. The summed E-state index contributed by atoms with van der Waals surface area (Å²) in [6.07, 6.45) is 0.606. The van der Waals surface area contributed by atoms with Gasteiger partial charge in [0.05, 0.1) is 13.0 Å². The lowest BCUT2D eigenvalue weighted by Gasteiger charge is -2.13. The summed E-state index contributed by atoms with van der Waals surface area (Å²) in [4.78, 5) is 10.3. The van der Waals surface area contributed by atoms with E-state index in [1.807, 2.05) is 0 Å². The molecule has 0 aromatic heterocycles. The molecule has 1 heterocycles. The maximum Gasteiger partial charge on any atom is 0.303 e. The van der Waals surface area contributed by atoms with Gasteiger partial charge in [0.25, 0.3) is 0 Å². The quantitative estimate of drug-likeness (QED) is 0.652. The number of hydrogen-bond donors (Lipinski definition) is 1. The molecule has 4 nitrogen and oxygen atoms in total. The standard InChI is InChI=1S/C7H12O4/c1-10-7-5(2-3-11-7)4-6(8)9/h5,7H,2-4H2,1H3,(H,8,9). The van der Waals surface area contributed by atoms with Crippen LogP contribution in [0.25, 0.3) is 0 Å². The Kier molecular flexibility index (Phi) is 2.84. The van der Waals surface area contributed by atoms with Crippen LogP contribution in [-0.4, -0.2) is 31.1 Å². The molecule has 0 amide bonds. The molecule has 2 unspecified atom stereocenters. The normalized spacial score (nSPS) is 30.6. The zero-order valence-electron chi connectivity index (χ0n) is 6.45. The molecule has 1 N–H and O–H groups in total. The van der Waals surface area contributed by atoms with Crippen LogP contribution in [0.5, 0.6) is 0 Å². The molecule has 11 heavy (non-hydrogen) atoms. The first-order chi connectivity index (χ1) is 5.24. The van der Waals surface area contributed by atoms with Crippen molar-refractivity contribution >= 4 is 5.97 Å². The number of carboxylic acid groups (broad SMARTS) is 1. The van der Waals surface area contributed by atoms with Gasteiger partial charge in [-0.3, -0.25) is 4.79 Å². The Morgan fingerprint density at radius 2 is 2.55 bits per heavy atom. The summed E-state index contributed by atoms with van der Waals surface area (Å²) in [6.45, 7) is 0.608. The summed E-state index contributed by atoms with van der Waals surface area (Å²) in [5.41, 5.74) is 0. The van der Waals surface area contributed by atoms with E-state index in [-0.39, 0.29) is 18.6 Å². The van der Waals surface area contributed by atoms with Crippen LogP contribution in [0.15, 0.2) is 0 Å². The van der Waals surface area contributed by atoms with Crippen LogP contribution >= 0.6 is 0 Å². The third-order valence-electron chi connectivity index (χ3n) is 1.82. The molecule has 1 fully saturated rings. The van der Waals surface area contributed by atoms with E-state index in [1.54, 1.807) is 0 Å². The van der Waals surface area contributed by atoms with Gasteiger partial charge >= 0.3 is 5.97 Å². The number of ether oxygens (including phenoxy) is 2. The maximum absolute atomic E-state index is 10.3. The van der Waals surface area contributed by atoms with Crippen molar-refractivity contribution in [3.8, 4) is 0 Å². The van der Waals surface area contributed by atoms with Crippen LogP contribution in [-0.2, 0) is 14.3 Å². The number of aliphatic carboxylic acids is 1. The first kappa shape index (κ1) is 8.49. The number of methoxy groups -OCH3 is 1. The van der Waals surface area contributed by atoms with Gasteiger partial charge in [-0.25, -0.2) is 0 Å². The molecule has 0 aliphatic carbocycles. The van der Waals surface area contributed by atoms with Gasteiger partial charge in [-0.2, -0.15) is 0 Å². The molecule has 1 rings (SSSR count). The molecule has 4 heteroatoms. The summed E-state index contributed by atoms with van der Waals surface area (Å²) in [7, 11) is 1.53. The summed E-state index contributed by atoms with van der Waals surface area (Å²) >= 11 is 0. The van der Waals surface area contributed by atoms with Gasteiger partial charge in [0.2, 0.25) is 0 Å². The summed E-state index contributed by atoms with van der Waals surface area (Å²) in [5.74, 6) is -0.764. The molecule has 0 aromatic carbocycles. The molecular weight excluding hydrogens is 148 g/mol. The van der Waals surface area contributed by atoms with E-state index in [1.165, 1.54) is 7.11 Å². The zero-order chi connectivity index (χ0) is 8.27. The predicted octanol–water partition coefficient (Wildman–Crippen LogP) is 0.470. The topological polar surface area (TPSA) is 55.8 Å². The van der Waals surface area contributed by atoms with Crippen LogP contribution in [0.1, 0.15) is 12.8 Å². The van der Waals surface area contributed by atoms with Gasteiger partial charge in [-0.1, -0.05) is 0 Å². The van der Waals surface area contributed by atoms with Crippen molar-refractivity contribution in [3.63, 3.8) is 0 Å². The van der Waals surface area contributed by atoms with E-state index >= 15 is 0 Å². The van der Waals surface area contributed by atoms with Crippen LogP contribution < -0.4 is 0 Å². The highest BCUT2D eigenvalue weighted by molar-refractivity contribution is 5.67. The van der Waals surface area contributed by atoms with Crippen molar-refractivity contribution < 1.29 is 19.4 Å². The molecule has 1 aliphatic rings. The van der Waals surface area contributed by atoms with Crippen molar-refractivity contribution in [1.29, 1.82) is 0 Å². The number of rotatable bonds is 3. The van der Waals surface area contributed by atoms with E-state index < -0.39 is 5.97 Å². The Bertz CT molecular complexity index is 145. The molecule has 0 bridgehead atoms. The van der Waals surface area contributed by atoms with Gasteiger partial charge in [0.1, 0.15) is 0 Å². The zero-order valence-corrected chi connectivity index (χ0v) is 6.45. The Hall–Kier alpha value is -0.610. The fourth-order valence-corrected chi connectivity index (χ4v) is 1.29. The van der Waals surface area contributed by atoms with Crippen molar-refractivity contribution in [2.45, 2.75) is 19.1 Å². The van der Waals surface area contributed by atoms with Crippen molar-refractivity contribution in [1.82, 2.24) is 0 Å². The molecule has 0 saturated carbocycles. The highest BCUT2D eigenvalue weighted by Gasteiger charge is 2.29. The Morgan fingerprint density at radius 3 is 3.09 bits per heavy atom. The molecule has 0 aromatic rings. The van der Waals surface area contributed by atoms with E-state index in [0.29, 0.717) is 6.61 Å². The Labute approximate surface area is 65.1 Å². The van der Waals surface area contributed by atoms with E-state index in [0.717, 1.165) is 6.42 Å². The Balaban J connectivity index is 2.37. The number of carboxylic acids is 1.